The van der Waals surface area contributed by atoms with Gasteiger partial charge in [-0.3, -0.25) is 9.10 Å². The Morgan fingerprint density at radius 1 is 1.14 bits per heavy atom. The molecule has 2 rings (SSSR count). The molecule has 0 radical (unpaired) electrons. The van der Waals surface area contributed by atoms with Crippen LogP contribution in [0, 0.1) is 13.8 Å². The second-order valence-electron chi connectivity index (χ2n) is 7.06. The van der Waals surface area contributed by atoms with Crippen LogP contribution in [0.15, 0.2) is 42.5 Å². The lowest BCUT2D eigenvalue weighted by atomic mass is 10.1. The quantitative estimate of drug-likeness (QED) is 0.720. The molecule has 0 bridgehead atoms. The van der Waals surface area contributed by atoms with E-state index in [1.807, 2.05) is 45.0 Å². The Morgan fingerprint density at radius 2 is 1.75 bits per heavy atom. The number of carbonyl (C=O) groups is 1. The summed E-state index contributed by atoms with van der Waals surface area (Å²) in [5, 5.41) is 3.39. The van der Waals surface area contributed by atoms with Crippen molar-refractivity contribution in [1.29, 1.82) is 0 Å². The molecular weight excluding hydrogens is 396 g/mol. The Bertz CT molecular complexity index is 943. The second-order valence-corrected chi connectivity index (χ2v) is 9.32. The highest BCUT2D eigenvalue weighted by atomic mass is 35.5. The van der Waals surface area contributed by atoms with Crippen LogP contribution in [0.3, 0.4) is 0 Å². The van der Waals surface area contributed by atoms with E-state index >= 15 is 0 Å². The molecule has 0 fully saturated rings. The summed E-state index contributed by atoms with van der Waals surface area (Å²) in [5.74, 6) is -0.349. The number of nitrogens with one attached hydrogen (secondary N) is 1. The molecule has 0 aliphatic rings. The zero-order valence-corrected chi connectivity index (χ0v) is 18.4. The molecule has 0 spiro atoms. The number of sulfonamides is 1. The van der Waals surface area contributed by atoms with E-state index in [-0.39, 0.29) is 11.9 Å². The molecular formula is C21H27ClN2O3S. The van der Waals surface area contributed by atoms with Crippen molar-refractivity contribution in [2.24, 2.45) is 0 Å². The van der Waals surface area contributed by atoms with Gasteiger partial charge in [0.25, 0.3) is 0 Å². The molecule has 0 saturated carbocycles. The van der Waals surface area contributed by atoms with E-state index in [0.29, 0.717) is 17.1 Å². The standard InChI is InChI=1S/C21H27ClN2O3S/c1-6-20(21(25)23-16(4)17-10-7-14(2)8-11-17)24(28(5,26)27)18-12-9-15(3)19(22)13-18/h7-13,16,20H,6H2,1-5H3,(H,23,25)/t16-,20+/m1/s1. The van der Waals surface area contributed by atoms with Crippen LogP contribution < -0.4 is 9.62 Å². The maximum absolute atomic E-state index is 13.0. The smallest absolute Gasteiger partial charge is 0.244 e. The summed E-state index contributed by atoms with van der Waals surface area (Å²) in [4.78, 5) is 13.0. The van der Waals surface area contributed by atoms with Crippen LogP contribution in [-0.4, -0.2) is 26.6 Å². The molecule has 0 aliphatic heterocycles. The Kier molecular flexibility index (Phi) is 7.12. The van der Waals surface area contributed by atoms with Crippen molar-refractivity contribution in [2.45, 2.75) is 46.2 Å². The Labute approximate surface area is 172 Å². The number of amides is 1. The third kappa shape index (κ3) is 5.26. The summed E-state index contributed by atoms with van der Waals surface area (Å²) in [6.07, 6.45) is 1.42. The summed E-state index contributed by atoms with van der Waals surface area (Å²) < 4.78 is 26.2. The highest BCUT2D eigenvalue weighted by Crippen LogP contribution is 2.28. The Balaban J connectivity index is 2.33. The highest BCUT2D eigenvalue weighted by molar-refractivity contribution is 7.92. The van der Waals surface area contributed by atoms with Crippen molar-refractivity contribution in [3.8, 4) is 0 Å². The molecule has 5 nitrogen and oxygen atoms in total. The van der Waals surface area contributed by atoms with Crippen LogP contribution in [-0.2, 0) is 14.8 Å². The van der Waals surface area contributed by atoms with E-state index in [9.17, 15) is 13.2 Å². The van der Waals surface area contributed by atoms with Gasteiger partial charge in [0.05, 0.1) is 18.0 Å². The summed E-state index contributed by atoms with van der Waals surface area (Å²) >= 11 is 6.19. The predicted molar refractivity (Wildman–Crippen MR) is 115 cm³/mol. The maximum atomic E-state index is 13.0. The fourth-order valence-corrected chi connectivity index (χ4v) is 4.41. The van der Waals surface area contributed by atoms with Crippen molar-refractivity contribution < 1.29 is 13.2 Å². The van der Waals surface area contributed by atoms with Crippen LogP contribution in [0.1, 0.15) is 43.0 Å². The minimum atomic E-state index is -3.70. The van der Waals surface area contributed by atoms with Crippen molar-refractivity contribution >= 4 is 33.2 Å². The normalized spacial score (nSPS) is 13.6. The van der Waals surface area contributed by atoms with Crippen LogP contribution in [0.25, 0.3) is 0 Å². The van der Waals surface area contributed by atoms with Crippen molar-refractivity contribution in [1.82, 2.24) is 5.32 Å². The molecule has 0 aromatic heterocycles. The second kappa shape index (κ2) is 8.97. The first kappa shape index (κ1) is 22.2. The minimum Gasteiger partial charge on any atom is -0.348 e. The SMILES string of the molecule is CC[C@@H](C(=O)N[C@H](C)c1ccc(C)cc1)N(c1ccc(C)c(Cl)c1)S(C)(=O)=O. The lowest BCUT2D eigenvalue weighted by Crippen LogP contribution is -2.49. The first-order valence-corrected chi connectivity index (χ1v) is 11.4. The van der Waals surface area contributed by atoms with Gasteiger partial charge in [0, 0.05) is 5.02 Å². The zero-order chi connectivity index (χ0) is 21.1. The van der Waals surface area contributed by atoms with Gasteiger partial charge in [-0.05, 0) is 50.5 Å². The van der Waals surface area contributed by atoms with Crippen molar-refractivity contribution in [3.63, 3.8) is 0 Å². The van der Waals surface area contributed by atoms with E-state index in [1.165, 1.54) is 0 Å². The predicted octanol–water partition coefficient (Wildman–Crippen LogP) is 4.38. The van der Waals surface area contributed by atoms with Gasteiger partial charge in [-0.2, -0.15) is 0 Å². The zero-order valence-electron chi connectivity index (χ0n) is 16.9. The van der Waals surface area contributed by atoms with Gasteiger partial charge in [-0.15, -0.1) is 0 Å². The van der Waals surface area contributed by atoms with Crippen LogP contribution in [0.5, 0.6) is 0 Å². The number of hydrogen-bond donors (Lipinski definition) is 1. The number of carbonyl (C=O) groups excluding carboxylic acids is 1. The lowest BCUT2D eigenvalue weighted by molar-refractivity contribution is -0.122. The van der Waals surface area contributed by atoms with E-state index in [4.69, 9.17) is 11.6 Å². The van der Waals surface area contributed by atoms with Gasteiger partial charge in [-0.25, -0.2) is 8.42 Å². The molecule has 2 aromatic rings. The van der Waals surface area contributed by atoms with Gasteiger partial charge in [0.1, 0.15) is 6.04 Å². The van der Waals surface area contributed by atoms with Crippen LogP contribution >= 0.6 is 11.6 Å². The first-order chi connectivity index (χ1) is 13.0. The molecule has 28 heavy (non-hydrogen) atoms. The first-order valence-electron chi connectivity index (χ1n) is 9.17. The van der Waals surface area contributed by atoms with Gasteiger partial charge in [0.2, 0.25) is 15.9 Å². The summed E-state index contributed by atoms with van der Waals surface area (Å²) in [6, 6.07) is 11.7. The average molecular weight is 423 g/mol. The Hall–Kier alpha value is -2.05. The molecule has 0 saturated heterocycles. The summed E-state index contributed by atoms with van der Waals surface area (Å²) in [7, 11) is -3.70. The third-order valence-electron chi connectivity index (χ3n) is 4.68. The fraction of sp³-hybridized carbons (Fsp3) is 0.381. The third-order valence-corrected chi connectivity index (χ3v) is 6.26. The van der Waals surface area contributed by atoms with E-state index < -0.39 is 16.1 Å². The Morgan fingerprint density at radius 3 is 2.25 bits per heavy atom. The number of aryl methyl sites for hydroxylation is 2. The highest BCUT2D eigenvalue weighted by Gasteiger charge is 2.32. The molecule has 1 amide bonds. The molecule has 0 aliphatic carbocycles. The van der Waals surface area contributed by atoms with Gasteiger partial charge in [0.15, 0.2) is 0 Å². The fourth-order valence-electron chi connectivity index (χ4n) is 3.03. The number of hydrogen-bond acceptors (Lipinski definition) is 3. The number of nitrogens with zero attached hydrogens (tertiary/aromatic N) is 1. The lowest BCUT2D eigenvalue weighted by Gasteiger charge is -2.31. The number of benzene rings is 2. The van der Waals surface area contributed by atoms with E-state index in [1.54, 1.807) is 25.1 Å². The molecule has 7 heteroatoms. The average Bonchev–Trinajstić information content (AvgIpc) is 2.61. The molecule has 2 atom stereocenters. The summed E-state index contributed by atoms with van der Waals surface area (Å²) in [6.45, 7) is 7.50. The number of halogens is 1. The minimum absolute atomic E-state index is 0.245. The van der Waals surface area contributed by atoms with Gasteiger partial charge >= 0.3 is 0 Å². The number of rotatable bonds is 7. The monoisotopic (exact) mass is 422 g/mol. The van der Waals surface area contributed by atoms with Crippen molar-refractivity contribution in [3.05, 3.63) is 64.2 Å². The molecule has 2 aromatic carbocycles. The van der Waals surface area contributed by atoms with E-state index in [0.717, 1.165) is 27.3 Å². The van der Waals surface area contributed by atoms with E-state index in [2.05, 4.69) is 5.32 Å². The molecule has 0 unspecified atom stereocenters. The van der Waals surface area contributed by atoms with Crippen LogP contribution in [0.4, 0.5) is 5.69 Å². The van der Waals surface area contributed by atoms with Gasteiger partial charge < -0.3 is 5.32 Å². The molecule has 0 heterocycles. The largest absolute Gasteiger partial charge is 0.348 e. The topological polar surface area (TPSA) is 66.5 Å². The molecule has 1 N–H and O–H groups in total. The maximum Gasteiger partial charge on any atom is 0.244 e. The molecule has 152 valence electrons. The van der Waals surface area contributed by atoms with Crippen LogP contribution in [0.2, 0.25) is 5.02 Å². The van der Waals surface area contributed by atoms with Gasteiger partial charge in [-0.1, -0.05) is 54.4 Å². The number of anilines is 1. The summed E-state index contributed by atoms with van der Waals surface area (Å²) in [5.41, 5.74) is 3.30. The van der Waals surface area contributed by atoms with Crippen molar-refractivity contribution in [2.75, 3.05) is 10.6 Å².